The van der Waals surface area contributed by atoms with E-state index in [0.29, 0.717) is 5.92 Å². The first-order valence-corrected chi connectivity index (χ1v) is 9.91. The predicted octanol–water partition coefficient (Wildman–Crippen LogP) is 5.15. The van der Waals surface area contributed by atoms with Crippen LogP contribution in [-0.4, -0.2) is 14.8 Å². The number of hydrogen-bond acceptors (Lipinski definition) is 3. The minimum absolute atomic E-state index is 0.523. The molecule has 2 aliphatic carbocycles. The largest absolute Gasteiger partial charge is 0.460 e. The minimum atomic E-state index is 0.523. The van der Waals surface area contributed by atoms with Gasteiger partial charge in [0, 0.05) is 11.5 Å². The summed E-state index contributed by atoms with van der Waals surface area (Å²) in [6.45, 7) is 4.36. The SMILES string of the molecule is CCc1cccc(C)c1-n1nc(C2CC2)nc1-c1occ2c1CCCC2. The first-order chi connectivity index (χ1) is 12.8. The van der Waals surface area contributed by atoms with E-state index in [4.69, 9.17) is 14.5 Å². The van der Waals surface area contributed by atoms with Crippen molar-refractivity contribution in [2.24, 2.45) is 0 Å². The maximum atomic E-state index is 6.07. The molecule has 3 aromatic rings. The van der Waals surface area contributed by atoms with E-state index < -0.39 is 0 Å². The van der Waals surface area contributed by atoms with Gasteiger partial charge in [0.15, 0.2) is 17.4 Å². The summed E-state index contributed by atoms with van der Waals surface area (Å²) < 4.78 is 8.13. The average molecular weight is 347 g/mol. The van der Waals surface area contributed by atoms with Crippen LogP contribution >= 0.6 is 0 Å². The van der Waals surface area contributed by atoms with Crippen molar-refractivity contribution in [2.75, 3.05) is 0 Å². The fourth-order valence-electron chi connectivity index (χ4n) is 4.16. The first-order valence-electron chi connectivity index (χ1n) is 9.91. The van der Waals surface area contributed by atoms with Crippen molar-refractivity contribution in [3.8, 4) is 17.3 Å². The highest BCUT2D eigenvalue weighted by atomic mass is 16.3. The second-order valence-electron chi connectivity index (χ2n) is 7.69. The second kappa shape index (κ2) is 6.11. The van der Waals surface area contributed by atoms with E-state index in [1.165, 1.54) is 53.6 Å². The van der Waals surface area contributed by atoms with E-state index in [0.717, 1.165) is 36.7 Å². The van der Waals surface area contributed by atoms with Gasteiger partial charge in [-0.3, -0.25) is 0 Å². The molecule has 0 bridgehead atoms. The Morgan fingerprint density at radius 3 is 2.85 bits per heavy atom. The number of fused-ring (bicyclic) bond motifs is 1. The molecule has 0 aliphatic heterocycles. The van der Waals surface area contributed by atoms with Crippen molar-refractivity contribution in [3.63, 3.8) is 0 Å². The maximum Gasteiger partial charge on any atom is 0.199 e. The van der Waals surface area contributed by atoms with Crippen LogP contribution < -0.4 is 0 Å². The number of aryl methyl sites for hydroxylation is 3. The lowest BCUT2D eigenvalue weighted by molar-refractivity contribution is 0.570. The van der Waals surface area contributed by atoms with Gasteiger partial charge >= 0.3 is 0 Å². The number of benzene rings is 1. The quantitative estimate of drug-likeness (QED) is 0.655. The van der Waals surface area contributed by atoms with Gasteiger partial charge in [-0.25, -0.2) is 9.67 Å². The van der Waals surface area contributed by atoms with Crippen molar-refractivity contribution in [2.45, 2.75) is 64.7 Å². The maximum absolute atomic E-state index is 6.07. The van der Waals surface area contributed by atoms with E-state index >= 15 is 0 Å². The van der Waals surface area contributed by atoms with Gasteiger partial charge < -0.3 is 4.42 Å². The van der Waals surface area contributed by atoms with Crippen molar-refractivity contribution in [1.82, 2.24) is 14.8 Å². The lowest BCUT2D eigenvalue weighted by Crippen LogP contribution is -2.07. The normalized spacial score (nSPS) is 16.7. The molecule has 134 valence electrons. The lowest BCUT2D eigenvalue weighted by atomic mass is 9.93. The van der Waals surface area contributed by atoms with E-state index in [2.05, 4.69) is 36.7 Å². The number of para-hydroxylation sites is 1. The summed E-state index contributed by atoms with van der Waals surface area (Å²) in [4.78, 5) is 4.97. The summed E-state index contributed by atoms with van der Waals surface area (Å²) in [5.74, 6) is 3.32. The molecular formula is C22H25N3O. The Bertz CT molecular complexity index is 962. The van der Waals surface area contributed by atoms with Gasteiger partial charge in [-0.1, -0.05) is 25.1 Å². The van der Waals surface area contributed by atoms with Crippen LogP contribution in [-0.2, 0) is 19.3 Å². The summed E-state index contributed by atoms with van der Waals surface area (Å²) in [5, 5.41) is 4.96. The molecule has 0 amide bonds. The Hall–Kier alpha value is -2.36. The fraction of sp³-hybridized carbons (Fsp3) is 0.455. The number of furan rings is 1. The lowest BCUT2D eigenvalue weighted by Gasteiger charge is -2.14. The molecule has 1 fully saturated rings. The zero-order valence-corrected chi connectivity index (χ0v) is 15.6. The van der Waals surface area contributed by atoms with Gasteiger partial charge in [0.05, 0.1) is 12.0 Å². The molecule has 26 heavy (non-hydrogen) atoms. The van der Waals surface area contributed by atoms with Crippen LogP contribution in [0.3, 0.4) is 0 Å². The minimum Gasteiger partial charge on any atom is -0.460 e. The number of nitrogens with zero attached hydrogens (tertiary/aromatic N) is 3. The zero-order chi connectivity index (χ0) is 17.7. The third kappa shape index (κ3) is 2.51. The Kier molecular flexibility index (Phi) is 3.73. The van der Waals surface area contributed by atoms with Crippen molar-refractivity contribution in [3.05, 3.63) is 52.5 Å². The van der Waals surface area contributed by atoms with Gasteiger partial charge in [0.1, 0.15) is 0 Å². The monoisotopic (exact) mass is 347 g/mol. The van der Waals surface area contributed by atoms with E-state index in [1.54, 1.807) is 0 Å². The Morgan fingerprint density at radius 1 is 1.19 bits per heavy atom. The fourth-order valence-corrected chi connectivity index (χ4v) is 4.16. The van der Waals surface area contributed by atoms with Crippen LogP contribution in [0.2, 0.25) is 0 Å². The molecule has 4 nitrogen and oxygen atoms in total. The van der Waals surface area contributed by atoms with Crippen molar-refractivity contribution >= 4 is 0 Å². The zero-order valence-electron chi connectivity index (χ0n) is 15.6. The smallest absolute Gasteiger partial charge is 0.199 e. The molecule has 2 heterocycles. The van der Waals surface area contributed by atoms with E-state index in [1.807, 2.05) is 6.26 Å². The van der Waals surface area contributed by atoms with Crippen molar-refractivity contribution in [1.29, 1.82) is 0 Å². The Labute approximate surface area is 154 Å². The molecule has 0 saturated heterocycles. The Balaban J connectivity index is 1.73. The molecule has 5 rings (SSSR count). The summed E-state index contributed by atoms with van der Waals surface area (Å²) in [5.41, 5.74) is 6.41. The van der Waals surface area contributed by atoms with Gasteiger partial charge in [-0.05, 0) is 68.6 Å². The number of hydrogen-bond donors (Lipinski definition) is 0. The van der Waals surface area contributed by atoms with Gasteiger partial charge in [0.2, 0.25) is 0 Å². The van der Waals surface area contributed by atoms with Gasteiger partial charge in [-0.15, -0.1) is 0 Å². The van der Waals surface area contributed by atoms with Crippen LogP contribution in [0.1, 0.15) is 66.6 Å². The number of rotatable bonds is 4. The van der Waals surface area contributed by atoms with Crippen LogP contribution in [0, 0.1) is 6.92 Å². The molecule has 1 aromatic carbocycles. The standard InChI is InChI=1S/C22H25N3O/c1-3-15-9-6-7-14(2)19(15)25-22(23-21(24-25)16-11-12-16)20-18-10-5-4-8-17(18)13-26-20/h6-7,9,13,16H,3-5,8,10-12H2,1-2H3. The van der Waals surface area contributed by atoms with Crippen LogP contribution in [0.4, 0.5) is 0 Å². The van der Waals surface area contributed by atoms with Crippen LogP contribution in [0.5, 0.6) is 0 Å². The van der Waals surface area contributed by atoms with E-state index in [9.17, 15) is 0 Å². The molecule has 0 spiro atoms. The number of aromatic nitrogens is 3. The molecule has 4 heteroatoms. The van der Waals surface area contributed by atoms with E-state index in [-0.39, 0.29) is 0 Å². The summed E-state index contributed by atoms with van der Waals surface area (Å²) >= 11 is 0. The van der Waals surface area contributed by atoms with Gasteiger partial charge in [-0.2, -0.15) is 5.10 Å². The summed E-state index contributed by atoms with van der Waals surface area (Å²) in [7, 11) is 0. The van der Waals surface area contributed by atoms with Crippen LogP contribution in [0.25, 0.3) is 17.3 Å². The predicted molar refractivity (Wildman–Crippen MR) is 102 cm³/mol. The average Bonchev–Trinajstić information content (AvgIpc) is 3.29. The Morgan fingerprint density at radius 2 is 2.04 bits per heavy atom. The highest BCUT2D eigenvalue weighted by Gasteiger charge is 2.32. The highest BCUT2D eigenvalue weighted by Crippen LogP contribution is 2.41. The topological polar surface area (TPSA) is 43.9 Å². The summed E-state index contributed by atoms with van der Waals surface area (Å²) in [6, 6.07) is 6.49. The molecular weight excluding hydrogens is 322 g/mol. The van der Waals surface area contributed by atoms with Crippen LogP contribution in [0.15, 0.2) is 28.9 Å². The first kappa shape index (κ1) is 15.9. The molecule has 0 atom stereocenters. The molecule has 2 aromatic heterocycles. The molecule has 0 N–H and O–H groups in total. The molecule has 0 unspecified atom stereocenters. The highest BCUT2D eigenvalue weighted by molar-refractivity contribution is 5.61. The molecule has 1 saturated carbocycles. The molecule has 2 aliphatic rings. The molecule has 0 radical (unpaired) electrons. The van der Waals surface area contributed by atoms with Gasteiger partial charge in [0.25, 0.3) is 0 Å². The van der Waals surface area contributed by atoms with Crippen molar-refractivity contribution < 1.29 is 4.42 Å². The third-order valence-corrected chi connectivity index (χ3v) is 5.79. The third-order valence-electron chi connectivity index (χ3n) is 5.79. The summed E-state index contributed by atoms with van der Waals surface area (Å²) in [6.07, 6.45) is 10.0. The second-order valence-corrected chi connectivity index (χ2v) is 7.69.